The summed E-state index contributed by atoms with van der Waals surface area (Å²) in [6.07, 6.45) is 1.81. The number of carboxylic acids is 1. The number of carbonyl (C=O) groups excluding carboxylic acids is 5. The van der Waals surface area contributed by atoms with Crippen molar-refractivity contribution in [2.24, 2.45) is 23.1 Å². The van der Waals surface area contributed by atoms with E-state index in [1.807, 2.05) is 6.26 Å². The summed E-state index contributed by atoms with van der Waals surface area (Å²) in [4.78, 5) is 72.3. The highest BCUT2D eigenvalue weighted by Crippen LogP contribution is 2.10. The summed E-state index contributed by atoms with van der Waals surface area (Å²) in [5, 5.41) is 16.7. The molecule has 0 saturated carbocycles. The first-order valence-electron chi connectivity index (χ1n) is 11.3. The van der Waals surface area contributed by atoms with Gasteiger partial charge in [0.05, 0.1) is 6.04 Å². The number of thioether (sulfide) groups is 1. The van der Waals surface area contributed by atoms with Gasteiger partial charge in [-0.15, -0.1) is 0 Å². The monoisotopic (exact) mass is 518 g/mol. The van der Waals surface area contributed by atoms with Gasteiger partial charge in [-0.3, -0.25) is 24.0 Å². The average molecular weight is 519 g/mol. The van der Waals surface area contributed by atoms with Gasteiger partial charge in [0.15, 0.2) is 0 Å². The number of rotatable bonds is 18. The summed E-state index contributed by atoms with van der Waals surface area (Å²) in [6, 6.07) is -4.68. The summed E-state index contributed by atoms with van der Waals surface area (Å²) < 4.78 is 0. The highest BCUT2D eigenvalue weighted by atomic mass is 32.2. The predicted octanol–water partition coefficient (Wildman–Crippen LogP) is -1.82. The molecule has 0 fully saturated rings. The second-order valence-corrected chi connectivity index (χ2v) is 9.22. The Labute approximate surface area is 209 Å². The lowest BCUT2D eigenvalue weighted by atomic mass is 9.98. The van der Waals surface area contributed by atoms with Gasteiger partial charge in [-0.05, 0) is 37.2 Å². The molecule has 14 heteroatoms. The average Bonchev–Trinajstić information content (AvgIpc) is 2.79. The van der Waals surface area contributed by atoms with Crippen LogP contribution in [0, 0.1) is 5.92 Å². The minimum atomic E-state index is -1.32. The second-order valence-electron chi connectivity index (χ2n) is 8.23. The Bertz CT molecular complexity index is 766. The highest BCUT2D eigenvalue weighted by Gasteiger charge is 2.32. The third-order valence-electron chi connectivity index (χ3n) is 5.37. The van der Waals surface area contributed by atoms with Crippen LogP contribution in [0.5, 0.6) is 0 Å². The number of primary amides is 2. The van der Waals surface area contributed by atoms with Crippen molar-refractivity contribution >= 4 is 47.3 Å². The molecule has 0 aromatic rings. The molecule has 0 aliphatic carbocycles. The quantitative estimate of drug-likeness (QED) is 0.108. The number of amides is 5. The van der Waals surface area contributed by atoms with E-state index in [0.29, 0.717) is 18.6 Å². The van der Waals surface area contributed by atoms with E-state index >= 15 is 0 Å². The standard InChI is InChI=1S/C21H38N6O7S/c1-4-11(2)17(21(33)34)27-20(32)14(6-8-16(24)29)26-19(31)13(5-7-15(23)28)25-18(30)12(22)9-10-35-3/h11-14,17H,4-10,22H2,1-3H3,(H2,23,28)(H2,24,29)(H,25,30)(H,26,31)(H,27,32)(H,33,34). The Morgan fingerprint density at radius 1 is 0.829 bits per heavy atom. The van der Waals surface area contributed by atoms with Crippen LogP contribution in [0.4, 0.5) is 0 Å². The molecule has 0 radical (unpaired) electrons. The van der Waals surface area contributed by atoms with E-state index in [1.54, 1.807) is 13.8 Å². The van der Waals surface area contributed by atoms with Crippen molar-refractivity contribution in [2.45, 2.75) is 76.5 Å². The highest BCUT2D eigenvalue weighted by molar-refractivity contribution is 7.98. The maximum absolute atomic E-state index is 13.0. The Morgan fingerprint density at radius 2 is 1.29 bits per heavy atom. The minimum Gasteiger partial charge on any atom is -0.480 e. The fourth-order valence-corrected chi connectivity index (χ4v) is 3.46. The van der Waals surface area contributed by atoms with Crippen molar-refractivity contribution in [1.29, 1.82) is 0 Å². The molecule has 0 saturated heterocycles. The van der Waals surface area contributed by atoms with Crippen molar-refractivity contribution in [3.05, 3.63) is 0 Å². The number of carboxylic acid groups (broad SMARTS) is 1. The molecule has 5 amide bonds. The molecule has 0 bridgehead atoms. The second kappa shape index (κ2) is 16.7. The van der Waals surface area contributed by atoms with Gasteiger partial charge < -0.3 is 38.3 Å². The Hall–Kier alpha value is -2.87. The van der Waals surface area contributed by atoms with Crippen molar-refractivity contribution in [1.82, 2.24) is 16.0 Å². The van der Waals surface area contributed by atoms with Crippen LogP contribution in [0.3, 0.4) is 0 Å². The third kappa shape index (κ3) is 13.0. The zero-order valence-electron chi connectivity index (χ0n) is 20.4. The summed E-state index contributed by atoms with van der Waals surface area (Å²) in [6.45, 7) is 3.40. The molecule has 200 valence electrons. The molecule has 0 aliphatic rings. The van der Waals surface area contributed by atoms with Gasteiger partial charge in [0, 0.05) is 12.8 Å². The molecule has 0 aromatic carbocycles. The topological polar surface area (TPSA) is 237 Å². The first kappa shape index (κ1) is 32.1. The summed E-state index contributed by atoms with van der Waals surface area (Å²) in [5.41, 5.74) is 16.2. The number of hydrogen-bond donors (Lipinski definition) is 7. The summed E-state index contributed by atoms with van der Waals surface area (Å²) in [7, 11) is 0. The van der Waals surface area contributed by atoms with Gasteiger partial charge in [-0.2, -0.15) is 11.8 Å². The molecular formula is C21H38N6O7S. The smallest absolute Gasteiger partial charge is 0.326 e. The van der Waals surface area contributed by atoms with E-state index in [-0.39, 0.29) is 25.7 Å². The van der Waals surface area contributed by atoms with Crippen LogP contribution in [0.25, 0.3) is 0 Å². The van der Waals surface area contributed by atoms with Crippen molar-refractivity contribution in [3.63, 3.8) is 0 Å². The van der Waals surface area contributed by atoms with Crippen molar-refractivity contribution in [2.75, 3.05) is 12.0 Å². The Kier molecular flexibility index (Phi) is 15.3. The van der Waals surface area contributed by atoms with Gasteiger partial charge in [0.25, 0.3) is 0 Å². The van der Waals surface area contributed by atoms with Crippen LogP contribution in [-0.4, -0.2) is 76.8 Å². The lowest BCUT2D eigenvalue weighted by Crippen LogP contribution is -2.58. The fourth-order valence-electron chi connectivity index (χ4n) is 2.97. The molecule has 13 nitrogen and oxygen atoms in total. The van der Waals surface area contributed by atoms with E-state index in [1.165, 1.54) is 11.8 Å². The van der Waals surface area contributed by atoms with E-state index in [0.717, 1.165) is 0 Å². The summed E-state index contributed by atoms with van der Waals surface area (Å²) >= 11 is 1.49. The van der Waals surface area contributed by atoms with Crippen LogP contribution in [0.2, 0.25) is 0 Å². The van der Waals surface area contributed by atoms with E-state index in [9.17, 15) is 33.9 Å². The summed E-state index contributed by atoms with van der Waals surface area (Å²) in [5.74, 6) is -4.75. The van der Waals surface area contributed by atoms with E-state index in [4.69, 9.17) is 17.2 Å². The third-order valence-corrected chi connectivity index (χ3v) is 6.02. The molecule has 10 N–H and O–H groups in total. The first-order chi connectivity index (χ1) is 16.3. The van der Waals surface area contributed by atoms with E-state index in [2.05, 4.69) is 16.0 Å². The van der Waals surface area contributed by atoms with Crippen LogP contribution in [0.15, 0.2) is 0 Å². The molecule has 35 heavy (non-hydrogen) atoms. The molecular weight excluding hydrogens is 480 g/mol. The number of hydrogen-bond acceptors (Lipinski definition) is 8. The Morgan fingerprint density at radius 3 is 1.69 bits per heavy atom. The normalized spacial score (nSPS) is 15.1. The van der Waals surface area contributed by atoms with Crippen molar-refractivity contribution < 1.29 is 33.9 Å². The van der Waals surface area contributed by atoms with Crippen LogP contribution in [-0.2, 0) is 28.8 Å². The first-order valence-corrected chi connectivity index (χ1v) is 12.7. The van der Waals surface area contributed by atoms with Gasteiger partial charge >= 0.3 is 5.97 Å². The molecule has 0 rings (SSSR count). The molecule has 0 spiro atoms. The number of nitrogens with two attached hydrogens (primary N) is 3. The molecule has 0 heterocycles. The minimum absolute atomic E-state index is 0.156. The van der Waals surface area contributed by atoms with Crippen molar-refractivity contribution in [3.8, 4) is 0 Å². The number of carbonyl (C=O) groups is 6. The predicted molar refractivity (Wildman–Crippen MR) is 131 cm³/mol. The maximum Gasteiger partial charge on any atom is 0.326 e. The van der Waals surface area contributed by atoms with Crippen LogP contribution >= 0.6 is 11.8 Å². The largest absolute Gasteiger partial charge is 0.480 e. The number of nitrogens with one attached hydrogen (secondary N) is 3. The van der Waals surface area contributed by atoms with Gasteiger partial charge in [0.2, 0.25) is 29.5 Å². The zero-order chi connectivity index (χ0) is 27.1. The number of aliphatic carboxylic acids is 1. The fraction of sp³-hybridized carbons (Fsp3) is 0.714. The molecule has 0 aromatic heterocycles. The lowest BCUT2D eigenvalue weighted by Gasteiger charge is -2.26. The van der Waals surface area contributed by atoms with Crippen LogP contribution < -0.4 is 33.2 Å². The van der Waals surface area contributed by atoms with Crippen LogP contribution in [0.1, 0.15) is 52.4 Å². The van der Waals surface area contributed by atoms with Gasteiger partial charge in [-0.1, -0.05) is 20.3 Å². The van der Waals surface area contributed by atoms with Gasteiger partial charge in [0.1, 0.15) is 18.1 Å². The SMILES string of the molecule is CCC(C)C(NC(=O)C(CCC(N)=O)NC(=O)C(CCC(N)=O)NC(=O)C(N)CCSC)C(=O)O. The molecule has 5 atom stereocenters. The molecule has 0 aliphatic heterocycles. The lowest BCUT2D eigenvalue weighted by molar-refractivity contribution is -0.144. The Balaban J connectivity index is 5.64. The van der Waals surface area contributed by atoms with Gasteiger partial charge in [-0.25, -0.2) is 4.79 Å². The van der Waals surface area contributed by atoms with E-state index < -0.39 is 65.6 Å². The zero-order valence-corrected chi connectivity index (χ0v) is 21.2. The molecule has 5 unspecified atom stereocenters. The maximum atomic E-state index is 13.0.